The van der Waals surface area contributed by atoms with Crippen LogP contribution in [0.5, 0.6) is 0 Å². The number of fused-ring (bicyclic) bond motifs is 1. The standard InChI is InChI=1S/C18H16F8O5/c1-8(27)3-12(29)16(13(30)4-9(2)28)10-5-14(19,20)17(23,24)18(25,26)15(21,22)7-31-6-11(10)16/h5,11H,3-4,6-7H2,1-2H3/b10-5-. The van der Waals surface area contributed by atoms with Crippen LogP contribution in [-0.4, -0.2) is 60.0 Å². The molecule has 5 nitrogen and oxygen atoms in total. The number of alkyl halides is 8. The maximum Gasteiger partial charge on any atom is 0.382 e. The van der Waals surface area contributed by atoms with Crippen LogP contribution in [0, 0.1) is 11.3 Å². The first-order valence-corrected chi connectivity index (χ1v) is 8.74. The van der Waals surface area contributed by atoms with Crippen LogP contribution in [0.1, 0.15) is 26.7 Å². The van der Waals surface area contributed by atoms with Crippen molar-refractivity contribution in [3.63, 3.8) is 0 Å². The third-order valence-corrected chi connectivity index (χ3v) is 5.15. The lowest BCUT2D eigenvalue weighted by Gasteiger charge is -2.36. The second-order valence-corrected chi connectivity index (χ2v) is 7.56. The van der Waals surface area contributed by atoms with Gasteiger partial charge in [0.15, 0.2) is 11.6 Å². The molecule has 0 amide bonds. The number of hydrogen-bond acceptors (Lipinski definition) is 5. The van der Waals surface area contributed by atoms with Gasteiger partial charge in [0, 0.05) is 5.92 Å². The second kappa shape index (κ2) is 7.45. The Morgan fingerprint density at radius 2 is 1.32 bits per heavy atom. The Balaban J connectivity index is 2.70. The van der Waals surface area contributed by atoms with Gasteiger partial charge >= 0.3 is 23.7 Å². The molecular weight excluding hydrogens is 448 g/mol. The van der Waals surface area contributed by atoms with Gasteiger partial charge in [0.25, 0.3) is 0 Å². The molecule has 0 saturated heterocycles. The van der Waals surface area contributed by atoms with Gasteiger partial charge in [-0.2, -0.15) is 35.1 Å². The molecule has 174 valence electrons. The molecule has 0 aromatic rings. The number of ketones is 4. The molecule has 0 N–H and O–H groups in total. The van der Waals surface area contributed by atoms with Crippen LogP contribution in [0.25, 0.3) is 0 Å². The van der Waals surface area contributed by atoms with Gasteiger partial charge in [0.1, 0.15) is 23.6 Å². The van der Waals surface area contributed by atoms with Crippen LogP contribution in [0.2, 0.25) is 0 Å². The number of Topliss-reactive ketones (excluding diaryl/α,β-unsaturated/α-hetero) is 4. The van der Waals surface area contributed by atoms with Gasteiger partial charge in [-0.05, 0) is 25.5 Å². The quantitative estimate of drug-likeness (QED) is 0.343. The summed E-state index contributed by atoms with van der Waals surface area (Å²) in [6.45, 7) is -1.80. The highest BCUT2D eigenvalue weighted by molar-refractivity contribution is 6.22. The minimum Gasteiger partial charge on any atom is -0.374 e. The van der Waals surface area contributed by atoms with Gasteiger partial charge in [0.2, 0.25) is 0 Å². The average Bonchev–Trinajstić information content (AvgIpc) is 3.19. The van der Waals surface area contributed by atoms with E-state index in [1.165, 1.54) is 0 Å². The van der Waals surface area contributed by atoms with Crippen LogP contribution in [0.3, 0.4) is 0 Å². The Labute approximate surface area is 169 Å². The summed E-state index contributed by atoms with van der Waals surface area (Å²) >= 11 is 0. The largest absolute Gasteiger partial charge is 0.382 e. The van der Waals surface area contributed by atoms with Crippen molar-refractivity contribution in [3.05, 3.63) is 11.6 Å². The number of carbonyl (C=O) groups is 4. The second-order valence-electron chi connectivity index (χ2n) is 7.56. The first kappa shape index (κ1) is 25.1. The fraction of sp³-hybridized carbons (Fsp3) is 0.667. The van der Waals surface area contributed by atoms with Crippen molar-refractivity contribution in [1.82, 2.24) is 0 Å². The Morgan fingerprint density at radius 1 is 0.871 bits per heavy atom. The summed E-state index contributed by atoms with van der Waals surface area (Å²) in [5.74, 6) is -31.1. The smallest absolute Gasteiger partial charge is 0.374 e. The summed E-state index contributed by atoms with van der Waals surface area (Å²) in [5.41, 5.74) is -3.80. The molecule has 1 aliphatic carbocycles. The summed E-state index contributed by atoms with van der Waals surface area (Å²) in [4.78, 5) is 47.8. The normalized spacial score (nSPS) is 29.0. The molecular formula is C18H16F8O5. The van der Waals surface area contributed by atoms with E-state index in [4.69, 9.17) is 0 Å². The Bertz CT molecular complexity index is 833. The zero-order chi connectivity index (χ0) is 24.2. The molecule has 2 rings (SSSR count). The van der Waals surface area contributed by atoms with Gasteiger partial charge in [-0.15, -0.1) is 0 Å². The van der Waals surface area contributed by atoms with Crippen LogP contribution in [-0.2, 0) is 23.9 Å². The van der Waals surface area contributed by atoms with Crippen molar-refractivity contribution in [1.29, 1.82) is 0 Å². The number of ether oxygens (including phenoxy) is 1. The van der Waals surface area contributed by atoms with E-state index in [0.29, 0.717) is 0 Å². The summed E-state index contributed by atoms with van der Waals surface area (Å²) in [6.07, 6.45) is -2.90. The molecule has 1 fully saturated rings. The zero-order valence-electron chi connectivity index (χ0n) is 16.0. The third kappa shape index (κ3) is 3.70. The van der Waals surface area contributed by atoms with E-state index in [0.717, 1.165) is 13.8 Å². The molecule has 1 aliphatic heterocycles. The Kier molecular flexibility index (Phi) is 6.03. The van der Waals surface area contributed by atoms with Crippen molar-refractivity contribution in [2.24, 2.45) is 11.3 Å². The van der Waals surface area contributed by atoms with Gasteiger partial charge < -0.3 is 4.74 Å². The monoisotopic (exact) mass is 464 g/mol. The number of hydrogen-bond donors (Lipinski definition) is 0. The van der Waals surface area contributed by atoms with Gasteiger partial charge in [-0.1, -0.05) is 0 Å². The molecule has 0 aromatic carbocycles. The third-order valence-electron chi connectivity index (χ3n) is 5.15. The Hall–Kier alpha value is -2.18. The van der Waals surface area contributed by atoms with E-state index < -0.39 is 95.9 Å². The number of rotatable bonds is 6. The fourth-order valence-electron chi connectivity index (χ4n) is 3.56. The lowest BCUT2D eigenvalue weighted by Crippen LogP contribution is -2.63. The summed E-state index contributed by atoms with van der Waals surface area (Å²) < 4.78 is 115. The first-order valence-electron chi connectivity index (χ1n) is 8.74. The van der Waals surface area contributed by atoms with Crippen molar-refractivity contribution >= 4 is 23.1 Å². The molecule has 0 spiro atoms. The van der Waals surface area contributed by atoms with E-state index in [2.05, 4.69) is 4.74 Å². The van der Waals surface area contributed by atoms with Gasteiger partial charge in [-0.25, -0.2) is 0 Å². The van der Waals surface area contributed by atoms with E-state index in [1.54, 1.807) is 0 Å². The van der Waals surface area contributed by atoms with Crippen LogP contribution >= 0.6 is 0 Å². The van der Waals surface area contributed by atoms with E-state index >= 15 is 0 Å². The summed E-state index contributed by atoms with van der Waals surface area (Å²) in [6, 6.07) is 0. The minimum absolute atomic E-state index is 0.827. The highest BCUT2D eigenvalue weighted by Gasteiger charge is 2.81. The maximum atomic E-state index is 14.2. The van der Waals surface area contributed by atoms with E-state index in [9.17, 15) is 54.3 Å². The predicted octanol–water partition coefficient (Wildman–Crippen LogP) is 3.20. The first-order chi connectivity index (χ1) is 13.9. The number of halogens is 8. The molecule has 1 heterocycles. The molecule has 13 heteroatoms. The number of allylic oxidation sites excluding steroid dienone is 1. The van der Waals surface area contributed by atoms with Crippen molar-refractivity contribution in [3.8, 4) is 0 Å². The molecule has 1 atom stereocenters. The Morgan fingerprint density at radius 3 is 1.74 bits per heavy atom. The predicted molar refractivity (Wildman–Crippen MR) is 85.2 cm³/mol. The SMILES string of the molecule is CC(=O)CC(=O)C1(C(=O)CC(C)=O)/C2=C\C(F)(F)C(F)(F)C(F)(F)C(F)(F)COCC21. The minimum atomic E-state index is -6.64. The van der Waals surface area contributed by atoms with Crippen molar-refractivity contribution in [2.45, 2.75) is 50.4 Å². The fourth-order valence-corrected chi connectivity index (χ4v) is 3.56. The van der Waals surface area contributed by atoms with Crippen LogP contribution in [0.15, 0.2) is 11.6 Å². The summed E-state index contributed by atoms with van der Waals surface area (Å²) in [5, 5.41) is 0. The lowest BCUT2D eigenvalue weighted by molar-refractivity contribution is -0.362. The van der Waals surface area contributed by atoms with Crippen molar-refractivity contribution < 1.29 is 59.0 Å². The van der Waals surface area contributed by atoms with Gasteiger partial charge in [-0.3, -0.25) is 19.2 Å². The zero-order valence-corrected chi connectivity index (χ0v) is 16.0. The molecule has 0 bridgehead atoms. The average molecular weight is 464 g/mol. The molecule has 1 saturated carbocycles. The highest BCUT2D eigenvalue weighted by Crippen LogP contribution is 2.64. The maximum absolute atomic E-state index is 14.2. The van der Waals surface area contributed by atoms with Crippen molar-refractivity contribution in [2.75, 3.05) is 13.2 Å². The van der Waals surface area contributed by atoms with E-state index in [-0.39, 0.29) is 0 Å². The molecule has 31 heavy (non-hydrogen) atoms. The molecule has 2 aliphatic rings. The summed E-state index contributed by atoms with van der Waals surface area (Å²) in [7, 11) is 0. The topological polar surface area (TPSA) is 77.5 Å². The van der Waals surface area contributed by atoms with Crippen LogP contribution < -0.4 is 0 Å². The number of carbonyl (C=O) groups excluding carboxylic acids is 4. The molecule has 1 unspecified atom stereocenters. The molecule has 0 aromatic heterocycles. The van der Waals surface area contributed by atoms with Crippen LogP contribution in [0.4, 0.5) is 35.1 Å². The highest BCUT2D eigenvalue weighted by atomic mass is 19.4. The van der Waals surface area contributed by atoms with E-state index in [1.807, 2.05) is 0 Å². The van der Waals surface area contributed by atoms with Gasteiger partial charge in [0.05, 0.1) is 19.4 Å². The molecule has 0 radical (unpaired) electrons. The lowest BCUT2D eigenvalue weighted by atomic mass is 9.86.